The summed E-state index contributed by atoms with van der Waals surface area (Å²) >= 11 is 3.35. The van der Waals surface area contributed by atoms with Crippen LogP contribution in [0.25, 0.3) is 0 Å². The van der Waals surface area contributed by atoms with Crippen LogP contribution in [0.15, 0.2) is 16.7 Å². The van der Waals surface area contributed by atoms with E-state index in [1.807, 2.05) is 17.7 Å². The number of carboxylic acid groups (broad SMARTS) is 1. The zero-order valence-electron chi connectivity index (χ0n) is 10.8. The third-order valence-corrected chi connectivity index (χ3v) is 4.05. The van der Waals surface area contributed by atoms with Crippen LogP contribution in [0, 0.1) is 0 Å². The lowest BCUT2D eigenvalue weighted by Gasteiger charge is -2.41. The smallest absolute Gasteiger partial charge is 0.305 e. The Labute approximate surface area is 120 Å². The van der Waals surface area contributed by atoms with Gasteiger partial charge in [0.15, 0.2) is 0 Å². The van der Waals surface area contributed by atoms with Gasteiger partial charge in [-0.1, -0.05) is 0 Å². The fourth-order valence-electron chi connectivity index (χ4n) is 2.47. The normalized spacial score (nSPS) is 16.7. The van der Waals surface area contributed by atoms with Crippen molar-refractivity contribution in [3.8, 4) is 0 Å². The predicted molar refractivity (Wildman–Crippen MR) is 74.1 cm³/mol. The number of amides is 1. The Morgan fingerprint density at radius 1 is 1.53 bits per heavy atom. The molecule has 0 saturated heterocycles. The summed E-state index contributed by atoms with van der Waals surface area (Å²) in [7, 11) is 0. The fraction of sp³-hybridized carbons (Fsp3) is 0.538. The lowest BCUT2D eigenvalue weighted by molar-refractivity contribution is -0.139. The average molecular weight is 329 g/mol. The van der Waals surface area contributed by atoms with Crippen molar-refractivity contribution in [2.24, 2.45) is 0 Å². The van der Waals surface area contributed by atoms with E-state index in [1.165, 1.54) is 0 Å². The number of aryl methyl sites for hydroxylation is 1. The van der Waals surface area contributed by atoms with E-state index in [9.17, 15) is 9.59 Å². The number of carboxylic acids is 1. The molecule has 1 aliphatic carbocycles. The van der Waals surface area contributed by atoms with Gasteiger partial charge in [-0.15, -0.1) is 0 Å². The topological polar surface area (TPSA) is 71.3 Å². The van der Waals surface area contributed by atoms with Crippen LogP contribution in [0.2, 0.25) is 0 Å². The number of aliphatic carboxylic acids is 1. The number of hydrogen-bond donors (Lipinski definition) is 2. The molecular formula is C13H17BrN2O3. The summed E-state index contributed by atoms with van der Waals surface area (Å²) in [6.07, 6.45) is 4.27. The molecular weight excluding hydrogens is 312 g/mol. The van der Waals surface area contributed by atoms with Crippen LogP contribution in [0.4, 0.5) is 0 Å². The molecule has 2 rings (SSSR count). The molecule has 1 aromatic rings. The number of halogens is 1. The minimum Gasteiger partial charge on any atom is -0.481 e. The molecule has 19 heavy (non-hydrogen) atoms. The van der Waals surface area contributed by atoms with E-state index < -0.39 is 11.5 Å². The number of rotatable bonds is 5. The van der Waals surface area contributed by atoms with Gasteiger partial charge in [0.05, 0.1) is 12.0 Å². The minimum atomic E-state index is -0.868. The van der Waals surface area contributed by atoms with Crippen LogP contribution in [0.3, 0.4) is 0 Å². The van der Waals surface area contributed by atoms with Crippen LogP contribution in [0.1, 0.15) is 43.1 Å². The third kappa shape index (κ3) is 3.00. The number of nitrogens with zero attached hydrogens (tertiary/aromatic N) is 1. The van der Waals surface area contributed by atoms with Crippen molar-refractivity contribution >= 4 is 27.8 Å². The summed E-state index contributed by atoms with van der Waals surface area (Å²) in [5, 5.41) is 11.8. The number of carbonyl (C=O) groups is 2. The molecule has 0 atom stereocenters. The van der Waals surface area contributed by atoms with Crippen molar-refractivity contribution in [1.82, 2.24) is 9.88 Å². The molecule has 1 aliphatic rings. The minimum absolute atomic E-state index is 0.00720. The van der Waals surface area contributed by atoms with Gasteiger partial charge in [-0.2, -0.15) is 0 Å². The maximum absolute atomic E-state index is 12.3. The highest BCUT2D eigenvalue weighted by atomic mass is 79.9. The van der Waals surface area contributed by atoms with Crippen molar-refractivity contribution in [1.29, 1.82) is 0 Å². The van der Waals surface area contributed by atoms with E-state index in [1.54, 1.807) is 6.07 Å². The first-order chi connectivity index (χ1) is 8.96. The van der Waals surface area contributed by atoms with Crippen LogP contribution < -0.4 is 5.32 Å². The Morgan fingerprint density at radius 2 is 2.21 bits per heavy atom. The zero-order valence-corrected chi connectivity index (χ0v) is 12.4. The molecule has 6 heteroatoms. The van der Waals surface area contributed by atoms with Gasteiger partial charge in [0.2, 0.25) is 0 Å². The third-order valence-electron chi connectivity index (χ3n) is 3.62. The van der Waals surface area contributed by atoms with Gasteiger partial charge in [0, 0.05) is 17.2 Å². The van der Waals surface area contributed by atoms with Crippen molar-refractivity contribution in [2.45, 2.75) is 44.7 Å². The molecule has 5 nitrogen and oxygen atoms in total. The number of carbonyl (C=O) groups excluding carboxylic acids is 1. The molecule has 2 N–H and O–H groups in total. The maximum atomic E-state index is 12.3. The quantitative estimate of drug-likeness (QED) is 0.871. The Balaban J connectivity index is 2.13. The summed E-state index contributed by atoms with van der Waals surface area (Å²) in [5.41, 5.74) is 0.00384. The zero-order chi connectivity index (χ0) is 14.0. The van der Waals surface area contributed by atoms with Crippen molar-refractivity contribution in [2.75, 3.05) is 0 Å². The van der Waals surface area contributed by atoms with Gasteiger partial charge < -0.3 is 15.0 Å². The number of hydrogen-bond acceptors (Lipinski definition) is 2. The lowest BCUT2D eigenvalue weighted by atomic mass is 9.74. The summed E-state index contributed by atoms with van der Waals surface area (Å²) in [6, 6.07) is 1.76. The maximum Gasteiger partial charge on any atom is 0.305 e. The Bertz CT molecular complexity index is 506. The van der Waals surface area contributed by atoms with E-state index >= 15 is 0 Å². The Hall–Kier alpha value is -1.30. The number of nitrogens with one attached hydrogen (secondary N) is 1. The van der Waals surface area contributed by atoms with E-state index in [4.69, 9.17) is 5.11 Å². The summed E-state index contributed by atoms with van der Waals surface area (Å²) < 4.78 is 2.69. The standard InChI is InChI=1S/C13H17BrN2O3/c1-2-16-8-9(14)6-10(16)12(19)15-13(4-3-5-13)7-11(17)18/h6,8H,2-5,7H2,1H3,(H,15,19)(H,17,18). The first-order valence-electron chi connectivity index (χ1n) is 6.36. The highest BCUT2D eigenvalue weighted by molar-refractivity contribution is 9.10. The van der Waals surface area contributed by atoms with Crippen molar-refractivity contribution < 1.29 is 14.7 Å². The van der Waals surface area contributed by atoms with Gasteiger partial charge >= 0.3 is 5.97 Å². The molecule has 0 aromatic carbocycles. The van der Waals surface area contributed by atoms with Gasteiger partial charge in [-0.25, -0.2) is 0 Å². The van der Waals surface area contributed by atoms with Crippen LogP contribution in [0.5, 0.6) is 0 Å². The van der Waals surface area contributed by atoms with Crippen LogP contribution >= 0.6 is 15.9 Å². The Morgan fingerprint density at radius 3 is 2.68 bits per heavy atom. The van der Waals surface area contributed by atoms with E-state index in [2.05, 4.69) is 21.2 Å². The van der Waals surface area contributed by atoms with Gasteiger partial charge in [0.25, 0.3) is 5.91 Å². The van der Waals surface area contributed by atoms with E-state index in [0.717, 1.165) is 23.7 Å². The summed E-state index contributed by atoms with van der Waals surface area (Å²) in [5.74, 6) is -1.07. The molecule has 104 valence electrons. The second-order valence-electron chi connectivity index (χ2n) is 4.99. The molecule has 0 spiro atoms. The first-order valence-corrected chi connectivity index (χ1v) is 7.15. The Kier molecular flexibility index (Phi) is 3.99. The molecule has 1 aromatic heterocycles. The SMILES string of the molecule is CCn1cc(Br)cc1C(=O)NC1(CC(=O)O)CCC1. The van der Waals surface area contributed by atoms with Gasteiger partial charge in [0.1, 0.15) is 5.69 Å². The highest BCUT2D eigenvalue weighted by Gasteiger charge is 2.40. The van der Waals surface area contributed by atoms with Gasteiger partial charge in [-0.05, 0) is 48.2 Å². The van der Waals surface area contributed by atoms with E-state index in [-0.39, 0.29) is 12.3 Å². The molecule has 0 radical (unpaired) electrons. The lowest BCUT2D eigenvalue weighted by Crippen LogP contribution is -2.54. The molecule has 1 saturated carbocycles. The van der Waals surface area contributed by atoms with Gasteiger partial charge in [-0.3, -0.25) is 9.59 Å². The first kappa shape index (κ1) is 14.1. The monoisotopic (exact) mass is 328 g/mol. The van der Waals surface area contributed by atoms with Crippen molar-refractivity contribution in [3.63, 3.8) is 0 Å². The molecule has 1 amide bonds. The molecule has 0 bridgehead atoms. The second-order valence-corrected chi connectivity index (χ2v) is 5.90. The molecule has 0 aliphatic heterocycles. The largest absolute Gasteiger partial charge is 0.481 e. The molecule has 1 heterocycles. The van der Waals surface area contributed by atoms with Crippen molar-refractivity contribution in [3.05, 3.63) is 22.4 Å². The predicted octanol–water partition coefficient (Wildman–Crippen LogP) is 2.40. The number of aromatic nitrogens is 1. The van der Waals surface area contributed by atoms with Crippen LogP contribution in [-0.2, 0) is 11.3 Å². The molecule has 0 unspecified atom stereocenters. The summed E-state index contributed by atoms with van der Waals surface area (Å²) in [6.45, 7) is 2.65. The average Bonchev–Trinajstić information content (AvgIpc) is 2.67. The second kappa shape index (κ2) is 5.36. The fourth-order valence-corrected chi connectivity index (χ4v) is 2.93. The van der Waals surface area contributed by atoms with E-state index in [0.29, 0.717) is 12.2 Å². The van der Waals surface area contributed by atoms with Crippen LogP contribution in [-0.4, -0.2) is 27.1 Å². The highest BCUT2D eigenvalue weighted by Crippen LogP contribution is 2.35. The summed E-state index contributed by atoms with van der Waals surface area (Å²) in [4.78, 5) is 23.2. The molecule has 1 fully saturated rings.